The van der Waals surface area contributed by atoms with Crippen molar-refractivity contribution in [2.24, 2.45) is 11.8 Å². The average molecular weight is 260 g/mol. The molecule has 0 aromatic rings. The molecule has 0 unspecified atom stereocenters. The number of hydrogen-bond acceptors (Lipinski definition) is 4. The van der Waals surface area contributed by atoms with Crippen molar-refractivity contribution >= 4 is 20.2 Å². The Morgan fingerprint density at radius 2 is 1.00 bits per heavy atom. The zero-order chi connectivity index (χ0) is 12.7. The lowest BCUT2D eigenvalue weighted by atomic mass is 9.99. The first-order chi connectivity index (χ1) is 6.39. The first-order valence-electron chi connectivity index (χ1n) is 4.33. The molecule has 8 heteroatoms. The smallest absolute Gasteiger partial charge is 0.284 e. The Balaban J connectivity index is 6.24. The van der Waals surface area contributed by atoms with Gasteiger partial charge in [-0.1, -0.05) is 27.7 Å². The van der Waals surface area contributed by atoms with Gasteiger partial charge in [-0.3, -0.25) is 9.11 Å². The minimum absolute atomic E-state index is 0.970. The SMILES string of the molecule is CC(C)C(C(C)C)(S(=O)(=O)O)S(=O)(=O)O. The summed E-state index contributed by atoms with van der Waals surface area (Å²) in [6.07, 6.45) is 0. The molecule has 0 saturated carbocycles. The Bertz CT molecular complexity index is 374. The highest BCUT2D eigenvalue weighted by Gasteiger charge is 2.59. The van der Waals surface area contributed by atoms with Gasteiger partial charge in [0, 0.05) is 0 Å². The zero-order valence-electron chi connectivity index (χ0n) is 9.00. The van der Waals surface area contributed by atoms with E-state index in [1.807, 2.05) is 0 Å². The third-order valence-corrected chi connectivity index (χ3v) is 7.18. The fourth-order valence-electron chi connectivity index (χ4n) is 1.99. The summed E-state index contributed by atoms with van der Waals surface area (Å²) >= 11 is 0. The average Bonchev–Trinajstić information content (AvgIpc) is 1.75. The monoisotopic (exact) mass is 260 g/mol. The standard InChI is InChI=1S/C7H16O6S2/c1-5(2)7(6(3)4,14(8,9)10)15(11,12)13/h5-6H,1-4H3,(H,8,9,10)(H,11,12,13). The molecule has 0 aliphatic carbocycles. The molecule has 0 bridgehead atoms. The molecular formula is C7H16O6S2. The summed E-state index contributed by atoms with van der Waals surface area (Å²) in [5.41, 5.74) is 0. The van der Waals surface area contributed by atoms with Crippen LogP contribution in [-0.2, 0) is 20.2 Å². The van der Waals surface area contributed by atoms with E-state index in [1.165, 1.54) is 27.7 Å². The van der Waals surface area contributed by atoms with Crippen molar-refractivity contribution in [1.29, 1.82) is 0 Å². The third kappa shape index (κ3) is 2.17. The van der Waals surface area contributed by atoms with Crippen molar-refractivity contribution in [2.75, 3.05) is 0 Å². The molecule has 0 spiro atoms. The van der Waals surface area contributed by atoms with Crippen LogP contribution in [0.3, 0.4) is 0 Å². The van der Waals surface area contributed by atoms with Crippen molar-refractivity contribution in [1.82, 2.24) is 0 Å². The molecule has 0 aromatic heterocycles. The van der Waals surface area contributed by atoms with Gasteiger partial charge in [0.15, 0.2) is 0 Å². The van der Waals surface area contributed by atoms with Crippen LogP contribution < -0.4 is 0 Å². The second-order valence-corrected chi connectivity index (χ2v) is 7.49. The molecule has 0 fully saturated rings. The predicted molar refractivity (Wildman–Crippen MR) is 55.5 cm³/mol. The minimum atomic E-state index is -4.92. The van der Waals surface area contributed by atoms with E-state index in [9.17, 15) is 16.8 Å². The van der Waals surface area contributed by atoms with Gasteiger partial charge in [-0.15, -0.1) is 0 Å². The normalized spacial score (nSPS) is 14.9. The largest absolute Gasteiger partial charge is 0.288 e. The maximum absolute atomic E-state index is 11.2. The van der Waals surface area contributed by atoms with Gasteiger partial charge in [0.1, 0.15) is 0 Å². The molecule has 0 radical (unpaired) electrons. The van der Waals surface area contributed by atoms with Crippen LogP contribution in [0.1, 0.15) is 27.7 Å². The van der Waals surface area contributed by atoms with Gasteiger partial charge in [-0.25, -0.2) is 0 Å². The number of rotatable bonds is 4. The van der Waals surface area contributed by atoms with Gasteiger partial charge >= 0.3 is 0 Å². The lowest BCUT2D eigenvalue weighted by Gasteiger charge is -2.34. The molecule has 0 aromatic carbocycles. The third-order valence-electron chi connectivity index (χ3n) is 2.42. The highest BCUT2D eigenvalue weighted by Crippen LogP contribution is 2.38. The molecule has 6 nitrogen and oxygen atoms in total. The van der Waals surface area contributed by atoms with E-state index in [0.29, 0.717) is 0 Å². The van der Waals surface area contributed by atoms with Gasteiger partial charge in [-0.05, 0) is 11.8 Å². The van der Waals surface area contributed by atoms with E-state index in [-0.39, 0.29) is 0 Å². The van der Waals surface area contributed by atoms with Crippen LogP contribution >= 0.6 is 0 Å². The molecular weight excluding hydrogens is 244 g/mol. The first kappa shape index (κ1) is 14.8. The zero-order valence-corrected chi connectivity index (χ0v) is 10.6. The Kier molecular flexibility index (Phi) is 3.96. The molecule has 0 atom stereocenters. The summed E-state index contributed by atoms with van der Waals surface area (Å²) in [5, 5.41) is 0. The first-order valence-corrected chi connectivity index (χ1v) is 7.21. The highest BCUT2D eigenvalue weighted by molar-refractivity contribution is 8.05. The Labute approximate surface area is 90.2 Å². The summed E-state index contributed by atoms with van der Waals surface area (Å²) < 4.78 is 60.3. The van der Waals surface area contributed by atoms with Gasteiger partial charge in [0.25, 0.3) is 20.2 Å². The van der Waals surface area contributed by atoms with Crippen LogP contribution in [0, 0.1) is 11.8 Å². The van der Waals surface area contributed by atoms with Crippen molar-refractivity contribution in [3.05, 3.63) is 0 Å². The second kappa shape index (κ2) is 4.00. The van der Waals surface area contributed by atoms with E-state index >= 15 is 0 Å². The predicted octanol–water partition coefficient (Wildman–Crippen LogP) is 0.770. The van der Waals surface area contributed by atoms with Gasteiger partial charge < -0.3 is 0 Å². The van der Waals surface area contributed by atoms with Gasteiger partial charge in [0.05, 0.1) is 0 Å². The van der Waals surface area contributed by atoms with E-state index in [0.717, 1.165) is 0 Å². The van der Waals surface area contributed by atoms with E-state index in [1.54, 1.807) is 0 Å². The van der Waals surface area contributed by atoms with Crippen LogP contribution in [0.5, 0.6) is 0 Å². The Morgan fingerprint density at radius 1 is 0.800 bits per heavy atom. The second-order valence-electron chi connectivity index (χ2n) is 3.98. The van der Waals surface area contributed by atoms with Gasteiger partial charge in [-0.2, -0.15) is 16.8 Å². The van der Waals surface area contributed by atoms with Crippen molar-refractivity contribution in [2.45, 2.75) is 31.8 Å². The van der Waals surface area contributed by atoms with E-state index in [2.05, 4.69) is 0 Å². The van der Waals surface area contributed by atoms with E-state index < -0.39 is 36.2 Å². The van der Waals surface area contributed by atoms with E-state index in [4.69, 9.17) is 9.11 Å². The molecule has 0 rings (SSSR count). The molecule has 92 valence electrons. The van der Waals surface area contributed by atoms with Crippen molar-refractivity contribution in [3.63, 3.8) is 0 Å². The Morgan fingerprint density at radius 3 is 1.00 bits per heavy atom. The number of hydrogen-bond donors (Lipinski definition) is 2. The lowest BCUT2D eigenvalue weighted by Crippen LogP contribution is -2.54. The van der Waals surface area contributed by atoms with Crippen LogP contribution in [0.4, 0.5) is 0 Å². The Hall–Kier alpha value is -0.180. The molecule has 0 heterocycles. The maximum atomic E-state index is 11.2. The molecule has 0 amide bonds. The van der Waals surface area contributed by atoms with Gasteiger partial charge in [0.2, 0.25) is 4.08 Å². The summed E-state index contributed by atoms with van der Waals surface area (Å²) in [7, 11) is -9.84. The van der Waals surface area contributed by atoms with Crippen molar-refractivity contribution in [3.8, 4) is 0 Å². The fourth-order valence-corrected chi connectivity index (χ4v) is 5.44. The fraction of sp³-hybridized carbons (Fsp3) is 1.00. The molecule has 0 aliphatic rings. The molecule has 0 saturated heterocycles. The summed E-state index contributed by atoms with van der Waals surface area (Å²) in [5.74, 6) is -1.94. The molecule has 2 N–H and O–H groups in total. The lowest BCUT2D eigenvalue weighted by molar-refractivity contribution is 0.331. The molecule has 15 heavy (non-hydrogen) atoms. The topological polar surface area (TPSA) is 109 Å². The van der Waals surface area contributed by atoms with Crippen molar-refractivity contribution < 1.29 is 25.9 Å². The van der Waals surface area contributed by atoms with Crippen LogP contribution in [0.25, 0.3) is 0 Å². The summed E-state index contributed by atoms with van der Waals surface area (Å²) in [6.45, 7) is 5.23. The highest BCUT2D eigenvalue weighted by atomic mass is 32.3. The van der Waals surface area contributed by atoms with Crippen LogP contribution in [0.15, 0.2) is 0 Å². The maximum Gasteiger partial charge on any atom is 0.288 e. The van der Waals surface area contributed by atoms with Crippen LogP contribution in [0.2, 0.25) is 0 Å². The van der Waals surface area contributed by atoms with Crippen LogP contribution in [-0.4, -0.2) is 30.0 Å². The minimum Gasteiger partial charge on any atom is -0.284 e. The molecule has 0 aliphatic heterocycles. The quantitative estimate of drug-likeness (QED) is 0.723. The summed E-state index contributed by atoms with van der Waals surface area (Å²) in [6, 6.07) is 0. The summed E-state index contributed by atoms with van der Waals surface area (Å²) in [4.78, 5) is 0.